The molecule has 0 radical (unpaired) electrons. The number of esters is 1. The van der Waals surface area contributed by atoms with Gasteiger partial charge < -0.3 is 8.92 Å². The van der Waals surface area contributed by atoms with Gasteiger partial charge in [-0.3, -0.25) is 0 Å². The monoisotopic (exact) mass is 507 g/mol. The number of carbonyl (C=O) groups is 1. The summed E-state index contributed by atoms with van der Waals surface area (Å²) in [4.78, 5) is 16.5. The Morgan fingerprint density at radius 1 is 1.12 bits per heavy atom. The van der Waals surface area contributed by atoms with Crippen LogP contribution in [0.1, 0.15) is 28.5 Å². The Kier molecular flexibility index (Phi) is 6.87. The molecule has 0 saturated carbocycles. The second kappa shape index (κ2) is 9.13. The predicted octanol–water partition coefficient (Wildman–Crippen LogP) is 5.54. The van der Waals surface area contributed by atoms with Crippen molar-refractivity contribution in [3.05, 3.63) is 69.3 Å². The number of benzene rings is 2. The van der Waals surface area contributed by atoms with Crippen molar-refractivity contribution in [2.24, 2.45) is 0 Å². The molecule has 12 heteroatoms. The minimum absolute atomic E-state index is 0.0820. The van der Waals surface area contributed by atoms with Gasteiger partial charge in [0.15, 0.2) is 11.4 Å². The van der Waals surface area contributed by atoms with Crippen LogP contribution < -0.4 is 4.18 Å². The number of halogens is 5. The fraction of sp³-hybridized carbons (Fsp3) is 0.200. The second-order valence-corrected chi connectivity index (χ2v) is 8.78. The molecule has 0 fully saturated rings. The summed E-state index contributed by atoms with van der Waals surface area (Å²) in [6, 6.07) is 10.7. The van der Waals surface area contributed by atoms with Crippen molar-refractivity contribution in [3.8, 4) is 5.75 Å². The molecule has 32 heavy (non-hydrogen) atoms. The summed E-state index contributed by atoms with van der Waals surface area (Å²) >= 11 is 12.2. The quantitative estimate of drug-likeness (QED) is 0.247. The maximum absolute atomic E-state index is 13.1. The van der Waals surface area contributed by atoms with Gasteiger partial charge in [-0.2, -0.15) is 21.6 Å². The highest BCUT2D eigenvalue weighted by atomic mass is 35.5. The SMILES string of the molecule is CCOC(=O)c1nc2ccc(Cl)cc2c(Cc2ccccc2Cl)c1OS(=O)(=O)C(F)(F)F. The Labute approximate surface area is 191 Å². The molecule has 0 N–H and O–H groups in total. The average Bonchev–Trinajstić information content (AvgIpc) is 2.70. The maximum atomic E-state index is 13.1. The lowest BCUT2D eigenvalue weighted by atomic mass is 9.98. The minimum atomic E-state index is -6.14. The van der Waals surface area contributed by atoms with E-state index < -0.39 is 33.0 Å². The van der Waals surface area contributed by atoms with Crippen molar-refractivity contribution in [1.29, 1.82) is 0 Å². The second-order valence-electron chi connectivity index (χ2n) is 6.40. The Hall–Kier alpha value is -2.56. The lowest BCUT2D eigenvalue weighted by molar-refractivity contribution is -0.0500. The molecule has 170 valence electrons. The fourth-order valence-electron chi connectivity index (χ4n) is 2.88. The number of hydrogen-bond donors (Lipinski definition) is 0. The highest BCUT2D eigenvalue weighted by Gasteiger charge is 2.49. The Morgan fingerprint density at radius 3 is 2.44 bits per heavy atom. The first-order chi connectivity index (χ1) is 14.9. The summed E-state index contributed by atoms with van der Waals surface area (Å²) in [6.45, 7) is 1.33. The van der Waals surface area contributed by atoms with Gasteiger partial charge in [-0.1, -0.05) is 41.4 Å². The third kappa shape index (κ3) is 4.92. The van der Waals surface area contributed by atoms with E-state index in [9.17, 15) is 26.4 Å². The van der Waals surface area contributed by atoms with Gasteiger partial charge in [0.1, 0.15) is 0 Å². The number of rotatable bonds is 6. The summed E-state index contributed by atoms with van der Waals surface area (Å²) in [5, 5.41) is 0.646. The summed E-state index contributed by atoms with van der Waals surface area (Å²) in [5.74, 6) is -2.06. The summed E-state index contributed by atoms with van der Waals surface area (Å²) in [6.07, 6.45) is -0.186. The molecule has 0 aliphatic carbocycles. The summed E-state index contributed by atoms with van der Waals surface area (Å²) < 4.78 is 72.3. The lowest BCUT2D eigenvalue weighted by Gasteiger charge is -2.18. The van der Waals surface area contributed by atoms with E-state index in [-0.39, 0.29) is 39.5 Å². The van der Waals surface area contributed by atoms with Crippen LogP contribution in [0, 0.1) is 0 Å². The van der Waals surface area contributed by atoms with Gasteiger partial charge in [-0.25, -0.2) is 9.78 Å². The highest BCUT2D eigenvalue weighted by molar-refractivity contribution is 7.88. The van der Waals surface area contributed by atoms with Crippen LogP contribution in [-0.4, -0.2) is 31.5 Å². The van der Waals surface area contributed by atoms with Crippen LogP contribution in [0.2, 0.25) is 10.0 Å². The van der Waals surface area contributed by atoms with Crippen molar-refractivity contribution in [2.75, 3.05) is 6.61 Å². The molecule has 0 unspecified atom stereocenters. The molecule has 2 aromatic carbocycles. The van der Waals surface area contributed by atoms with Gasteiger partial charge in [0.05, 0.1) is 12.1 Å². The van der Waals surface area contributed by atoms with Crippen LogP contribution in [0.15, 0.2) is 42.5 Å². The highest BCUT2D eigenvalue weighted by Crippen LogP contribution is 2.38. The van der Waals surface area contributed by atoms with Crippen molar-refractivity contribution in [2.45, 2.75) is 18.9 Å². The van der Waals surface area contributed by atoms with E-state index in [0.29, 0.717) is 5.56 Å². The molecule has 0 saturated heterocycles. The molecule has 0 atom stereocenters. The van der Waals surface area contributed by atoms with E-state index in [1.807, 2.05) is 0 Å². The van der Waals surface area contributed by atoms with Crippen molar-refractivity contribution < 1.29 is 35.3 Å². The van der Waals surface area contributed by atoms with Gasteiger partial charge in [-0.05, 0) is 36.8 Å². The Bertz CT molecular complexity index is 1300. The molecule has 0 amide bonds. The van der Waals surface area contributed by atoms with Crippen molar-refractivity contribution >= 4 is 50.2 Å². The average molecular weight is 508 g/mol. The third-order valence-electron chi connectivity index (χ3n) is 4.28. The zero-order chi connectivity index (χ0) is 23.7. The number of alkyl halides is 3. The van der Waals surface area contributed by atoms with E-state index >= 15 is 0 Å². The molecule has 1 heterocycles. The van der Waals surface area contributed by atoms with Crippen LogP contribution >= 0.6 is 23.2 Å². The van der Waals surface area contributed by atoms with E-state index in [2.05, 4.69) is 9.17 Å². The number of fused-ring (bicyclic) bond motifs is 1. The molecular weight excluding hydrogens is 494 g/mol. The van der Waals surface area contributed by atoms with Gasteiger partial charge >= 0.3 is 21.6 Å². The fourth-order valence-corrected chi connectivity index (χ4v) is 3.74. The lowest BCUT2D eigenvalue weighted by Crippen LogP contribution is -2.29. The minimum Gasteiger partial charge on any atom is -0.461 e. The molecule has 1 aromatic heterocycles. The van der Waals surface area contributed by atoms with E-state index in [1.54, 1.807) is 24.3 Å². The van der Waals surface area contributed by atoms with Crippen molar-refractivity contribution in [1.82, 2.24) is 4.98 Å². The van der Waals surface area contributed by atoms with E-state index in [4.69, 9.17) is 27.9 Å². The summed E-state index contributed by atoms with van der Waals surface area (Å²) in [7, 11) is -6.14. The molecule has 0 bridgehead atoms. The van der Waals surface area contributed by atoms with Gasteiger partial charge in [-0.15, -0.1) is 0 Å². The van der Waals surface area contributed by atoms with Gasteiger partial charge in [0.25, 0.3) is 0 Å². The first-order valence-corrected chi connectivity index (χ1v) is 11.1. The van der Waals surface area contributed by atoms with Crippen LogP contribution in [0.4, 0.5) is 13.2 Å². The first-order valence-electron chi connectivity index (χ1n) is 8.98. The van der Waals surface area contributed by atoms with Gasteiger partial charge in [0, 0.05) is 27.4 Å². The van der Waals surface area contributed by atoms with Crippen LogP contribution in [-0.2, 0) is 21.3 Å². The molecule has 3 rings (SSSR count). The molecule has 3 aromatic rings. The molecule has 6 nitrogen and oxygen atoms in total. The smallest absolute Gasteiger partial charge is 0.461 e. The van der Waals surface area contributed by atoms with Crippen LogP contribution in [0.25, 0.3) is 10.9 Å². The summed E-state index contributed by atoms with van der Waals surface area (Å²) in [5.41, 5.74) is -5.95. The number of aromatic nitrogens is 1. The van der Waals surface area contributed by atoms with Crippen LogP contribution in [0.3, 0.4) is 0 Å². The molecule has 0 aliphatic heterocycles. The van der Waals surface area contributed by atoms with Gasteiger partial charge in [0.2, 0.25) is 0 Å². The standard InChI is InChI=1S/C20H14Cl2F3NO5S/c1-2-30-19(27)17-18(31-32(28,29)20(23,24)25)14(9-11-5-3-4-6-15(11)22)13-10-12(21)7-8-16(13)26-17/h3-8,10H,2,9H2,1H3. The zero-order valence-electron chi connectivity index (χ0n) is 16.2. The molecular formula is C20H14Cl2F3NO5S. The number of hydrogen-bond acceptors (Lipinski definition) is 6. The number of pyridine rings is 1. The normalized spacial score (nSPS) is 12.1. The maximum Gasteiger partial charge on any atom is 0.534 e. The third-order valence-corrected chi connectivity index (χ3v) is 5.83. The predicted molar refractivity (Wildman–Crippen MR) is 113 cm³/mol. The van der Waals surface area contributed by atoms with E-state index in [0.717, 1.165) is 0 Å². The zero-order valence-corrected chi connectivity index (χ0v) is 18.6. The Morgan fingerprint density at radius 2 is 1.81 bits per heavy atom. The number of carbonyl (C=O) groups excluding carboxylic acids is 1. The van der Waals surface area contributed by atoms with Crippen LogP contribution in [0.5, 0.6) is 5.75 Å². The van der Waals surface area contributed by atoms with Crippen molar-refractivity contribution in [3.63, 3.8) is 0 Å². The van der Waals surface area contributed by atoms with E-state index in [1.165, 1.54) is 25.1 Å². The largest absolute Gasteiger partial charge is 0.534 e. The molecule has 0 spiro atoms. The Balaban J connectivity index is 2.38. The number of nitrogens with zero attached hydrogens (tertiary/aromatic N) is 1. The molecule has 0 aliphatic rings. The topological polar surface area (TPSA) is 82.6 Å². The first kappa shape index (κ1) is 24.1. The number of ether oxygens (including phenoxy) is 1.